The Hall–Kier alpha value is -0.870. The van der Waals surface area contributed by atoms with Crippen LogP contribution in [-0.4, -0.2) is 34.9 Å². The van der Waals surface area contributed by atoms with E-state index in [0.29, 0.717) is 0 Å². The fraction of sp³-hybridized carbons (Fsp3) is 0.429. The highest BCUT2D eigenvalue weighted by Gasteiger charge is 2.16. The quantitative estimate of drug-likeness (QED) is 0.773. The van der Waals surface area contributed by atoms with E-state index in [1.165, 1.54) is 5.56 Å². The molecule has 0 spiro atoms. The van der Waals surface area contributed by atoms with Crippen LogP contribution in [0.1, 0.15) is 12.5 Å². The summed E-state index contributed by atoms with van der Waals surface area (Å²) in [5.74, 6) is 1.02. The minimum atomic E-state index is 0.0373. The maximum Gasteiger partial charge on any atom is 0.135 e. The number of rotatable bonds is 5. The van der Waals surface area contributed by atoms with Crippen LogP contribution in [0.4, 0.5) is 0 Å². The van der Waals surface area contributed by atoms with Gasteiger partial charge in [-0.25, -0.2) is 0 Å². The lowest BCUT2D eigenvalue weighted by Crippen LogP contribution is -2.21. The molecule has 18 heavy (non-hydrogen) atoms. The summed E-state index contributed by atoms with van der Waals surface area (Å²) in [6, 6.07) is 10.1. The first kappa shape index (κ1) is 15.2. The van der Waals surface area contributed by atoms with Crippen LogP contribution in [0.5, 0.6) is 0 Å². The van der Waals surface area contributed by atoms with Crippen LogP contribution in [-0.2, 0) is 11.2 Å². The second kappa shape index (κ2) is 7.54. The molecular weight excluding hydrogens is 262 g/mol. The predicted octanol–water partition coefficient (Wildman–Crippen LogP) is 3.01. The third-order valence-corrected chi connectivity index (χ3v) is 4.57. The number of thiocarbonyl (C=S) groups is 1. The van der Waals surface area contributed by atoms with Crippen molar-refractivity contribution in [3.05, 3.63) is 35.9 Å². The van der Waals surface area contributed by atoms with Gasteiger partial charge in [-0.3, -0.25) is 4.79 Å². The third kappa shape index (κ3) is 5.19. The van der Waals surface area contributed by atoms with Gasteiger partial charge in [0.1, 0.15) is 10.1 Å². The lowest BCUT2D eigenvalue weighted by Gasteiger charge is -2.17. The summed E-state index contributed by atoms with van der Waals surface area (Å²) in [6.45, 7) is 1.66. The van der Waals surface area contributed by atoms with E-state index in [1.54, 1.807) is 18.7 Å². The molecule has 0 radical (unpaired) electrons. The summed E-state index contributed by atoms with van der Waals surface area (Å²) in [5, 5.41) is 0. The van der Waals surface area contributed by atoms with Crippen LogP contribution in [0.3, 0.4) is 0 Å². The zero-order valence-electron chi connectivity index (χ0n) is 11.1. The molecule has 1 aromatic rings. The molecule has 2 nitrogen and oxygen atoms in total. The number of Topliss-reactive ketones (excluding diaryl/α,β-unsaturated/α-hetero) is 1. The molecule has 98 valence electrons. The fourth-order valence-electron chi connectivity index (χ4n) is 1.52. The van der Waals surface area contributed by atoms with Crippen molar-refractivity contribution < 1.29 is 4.79 Å². The second-order valence-electron chi connectivity index (χ2n) is 4.47. The van der Waals surface area contributed by atoms with Crippen LogP contribution in [0, 0.1) is 5.92 Å². The van der Waals surface area contributed by atoms with Crippen LogP contribution < -0.4 is 0 Å². The van der Waals surface area contributed by atoms with Crippen molar-refractivity contribution in [2.75, 3.05) is 19.8 Å². The molecule has 0 aromatic heterocycles. The summed E-state index contributed by atoms with van der Waals surface area (Å²) in [7, 11) is 3.85. The van der Waals surface area contributed by atoms with E-state index in [0.717, 1.165) is 16.5 Å². The zero-order valence-corrected chi connectivity index (χ0v) is 12.7. The number of carbonyl (C=O) groups is 1. The van der Waals surface area contributed by atoms with Crippen molar-refractivity contribution in [1.82, 2.24) is 4.90 Å². The highest BCUT2D eigenvalue weighted by Crippen LogP contribution is 2.17. The molecule has 0 amide bonds. The standard InChI is InChI=1S/C14H19NOS2/c1-11(16)13(10-18-14(17)15(2)3)9-12-7-5-4-6-8-12/h4-8,13H,9-10H2,1-3H3. The number of carbonyl (C=O) groups excluding carboxylic acids is 1. The molecule has 0 heterocycles. The lowest BCUT2D eigenvalue weighted by molar-refractivity contribution is -0.120. The lowest BCUT2D eigenvalue weighted by atomic mass is 9.98. The van der Waals surface area contributed by atoms with Crippen LogP contribution in [0.15, 0.2) is 30.3 Å². The molecule has 4 heteroatoms. The first-order valence-electron chi connectivity index (χ1n) is 5.89. The van der Waals surface area contributed by atoms with E-state index < -0.39 is 0 Å². The Bertz CT molecular complexity index is 404. The normalized spacial score (nSPS) is 11.9. The monoisotopic (exact) mass is 281 g/mol. The Balaban J connectivity index is 2.56. The second-order valence-corrected chi connectivity index (χ2v) is 6.12. The zero-order chi connectivity index (χ0) is 13.5. The highest BCUT2D eigenvalue weighted by atomic mass is 32.2. The molecule has 1 rings (SSSR count). The van der Waals surface area contributed by atoms with E-state index in [2.05, 4.69) is 12.1 Å². The molecule has 0 N–H and O–H groups in total. The van der Waals surface area contributed by atoms with Gasteiger partial charge < -0.3 is 4.90 Å². The van der Waals surface area contributed by atoms with Crippen LogP contribution >= 0.6 is 24.0 Å². The number of nitrogens with zero attached hydrogens (tertiary/aromatic N) is 1. The highest BCUT2D eigenvalue weighted by molar-refractivity contribution is 8.22. The van der Waals surface area contributed by atoms with E-state index in [1.807, 2.05) is 37.2 Å². The van der Waals surface area contributed by atoms with Crippen LogP contribution in [0.25, 0.3) is 0 Å². The number of hydrogen-bond donors (Lipinski definition) is 0. The summed E-state index contributed by atoms with van der Waals surface area (Å²) >= 11 is 6.80. The van der Waals surface area contributed by atoms with Gasteiger partial charge in [-0.15, -0.1) is 0 Å². The minimum Gasteiger partial charge on any atom is -0.364 e. The van der Waals surface area contributed by atoms with Gasteiger partial charge in [0.2, 0.25) is 0 Å². The number of thioether (sulfide) groups is 1. The molecule has 0 aliphatic rings. The molecule has 0 saturated carbocycles. The molecule has 1 atom stereocenters. The Morgan fingerprint density at radius 1 is 1.33 bits per heavy atom. The average Bonchev–Trinajstić information content (AvgIpc) is 2.34. The molecule has 0 aliphatic heterocycles. The van der Waals surface area contributed by atoms with Gasteiger partial charge in [-0.05, 0) is 18.9 Å². The minimum absolute atomic E-state index is 0.0373. The summed E-state index contributed by atoms with van der Waals surface area (Å²) in [4.78, 5) is 13.6. The average molecular weight is 281 g/mol. The number of ketones is 1. The maximum atomic E-state index is 11.7. The SMILES string of the molecule is CC(=O)C(CSC(=S)N(C)C)Cc1ccccc1. The maximum absolute atomic E-state index is 11.7. The van der Waals surface area contributed by atoms with Gasteiger partial charge in [0, 0.05) is 25.8 Å². The topological polar surface area (TPSA) is 20.3 Å². The van der Waals surface area contributed by atoms with Crippen molar-refractivity contribution in [3.8, 4) is 0 Å². The first-order chi connectivity index (χ1) is 8.50. The molecule has 1 aromatic carbocycles. The molecule has 0 aliphatic carbocycles. The third-order valence-electron chi connectivity index (χ3n) is 2.67. The molecule has 1 unspecified atom stereocenters. The van der Waals surface area contributed by atoms with Crippen molar-refractivity contribution >= 4 is 34.1 Å². The van der Waals surface area contributed by atoms with Gasteiger partial charge in [0.25, 0.3) is 0 Å². The van der Waals surface area contributed by atoms with Gasteiger partial charge in [-0.1, -0.05) is 54.3 Å². The predicted molar refractivity (Wildman–Crippen MR) is 83.1 cm³/mol. The Kier molecular flexibility index (Phi) is 6.36. The van der Waals surface area contributed by atoms with Gasteiger partial charge in [-0.2, -0.15) is 0 Å². The summed E-state index contributed by atoms with van der Waals surface area (Å²) in [5.41, 5.74) is 1.20. The van der Waals surface area contributed by atoms with Crippen molar-refractivity contribution in [2.24, 2.45) is 5.92 Å². The van der Waals surface area contributed by atoms with Crippen LogP contribution in [0.2, 0.25) is 0 Å². The van der Waals surface area contributed by atoms with E-state index >= 15 is 0 Å². The summed E-state index contributed by atoms with van der Waals surface area (Å²) < 4.78 is 0.828. The largest absolute Gasteiger partial charge is 0.364 e. The molecule has 0 bridgehead atoms. The first-order valence-corrected chi connectivity index (χ1v) is 7.28. The van der Waals surface area contributed by atoms with Crippen molar-refractivity contribution in [3.63, 3.8) is 0 Å². The molecule has 0 fully saturated rings. The Morgan fingerprint density at radius 3 is 2.44 bits per heavy atom. The van der Waals surface area contributed by atoms with Gasteiger partial charge >= 0.3 is 0 Å². The van der Waals surface area contributed by atoms with Crippen molar-refractivity contribution in [2.45, 2.75) is 13.3 Å². The molecular formula is C14H19NOS2. The van der Waals surface area contributed by atoms with E-state index in [-0.39, 0.29) is 11.7 Å². The number of benzene rings is 1. The van der Waals surface area contributed by atoms with Crippen molar-refractivity contribution in [1.29, 1.82) is 0 Å². The smallest absolute Gasteiger partial charge is 0.135 e. The van der Waals surface area contributed by atoms with E-state index in [9.17, 15) is 4.79 Å². The van der Waals surface area contributed by atoms with Gasteiger partial charge in [0.05, 0.1) is 0 Å². The van der Waals surface area contributed by atoms with E-state index in [4.69, 9.17) is 12.2 Å². The Labute approximate surface area is 119 Å². The Morgan fingerprint density at radius 2 is 1.94 bits per heavy atom. The number of hydrogen-bond acceptors (Lipinski definition) is 3. The fourth-order valence-corrected chi connectivity index (χ4v) is 2.68. The van der Waals surface area contributed by atoms with Gasteiger partial charge in [0.15, 0.2) is 0 Å². The molecule has 0 saturated heterocycles. The summed E-state index contributed by atoms with van der Waals surface area (Å²) in [6.07, 6.45) is 0.791.